The second-order valence-corrected chi connectivity index (χ2v) is 11.7. The van der Waals surface area contributed by atoms with E-state index in [4.69, 9.17) is 0 Å². The lowest BCUT2D eigenvalue weighted by Crippen LogP contribution is -2.48. The van der Waals surface area contributed by atoms with Gasteiger partial charge in [0.05, 0.1) is 18.8 Å². The van der Waals surface area contributed by atoms with Crippen LogP contribution in [0.15, 0.2) is 24.3 Å². The quantitative estimate of drug-likeness (QED) is 0.0518. The first kappa shape index (κ1) is 38.8. The Morgan fingerprint density at radius 2 is 1.02 bits per heavy atom. The normalized spacial score (nSPS) is 14.2. The van der Waals surface area contributed by atoms with E-state index in [1.165, 1.54) is 109 Å². The van der Waals surface area contributed by atoms with Gasteiger partial charge in [-0.3, -0.25) is 4.79 Å². The van der Waals surface area contributed by atoms with Gasteiger partial charge in [-0.2, -0.15) is 0 Å². The van der Waals surface area contributed by atoms with Gasteiger partial charge in [-0.1, -0.05) is 160 Å². The molecular formula is C35H67NO4. The van der Waals surface area contributed by atoms with Gasteiger partial charge in [0.15, 0.2) is 0 Å². The number of hydrogen-bond acceptors (Lipinski definition) is 4. The predicted octanol–water partition coefficient (Wildman–Crippen LogP) is 8.70. The van der Waals surface area contributed by atoms with Gasteiger partial charge in [0.2, 0.25) is 5.91 Å². The minimum atomic E-state index is -1.10. The van der Waals surface area contributed by atoms with Gasteiger partial charge in [-0.05, 0) is 32.1 Å². The molecule has 0 aliphatic carbocycles. The van der Waals surface area contributed by atoms with Crippen molar-refractivity contribution in [3.8, 4) is 0 Å². The molecule has 3 unspecified atom stereocenters. The van der Waals surface area contributed by atoms with Crippen molar-refractivity contribution >= 4 is 5.91 Å². The zero-order chi connectivity index (χ0) is 29.5. The fraction of sp³-hybridized carbons (Fsp3) is 0.857. The summed E-state index contributed by atoms with van der Waals surface area (Å²) in [6, 6.07) is -0.807. The van der Waals surface area contributed by atoms with Crippen molar-refractivity contribution in [1.82, 2.24) is 5.32 Å². The Hall–Kier alpha value is -1.17. The summed E-state index contributed by atoms with van der Waals surface area (Å²) >= 11 is 0. The van der Waals surface area contributed by atoms with Gasteiger partial charge in [0.1, 0.15) is 6.10 Å². The number of hydrogen-bond donors (Lipinski definition) is 4. The average molecular weight is 566 g/mol. The molecular weight excluding hydrogens is 498 g/mol. The monoisotopic (exact) mass is 566 g/mol. The minimum Gasteiger partial charge on any atom is -0.394 e. The van der Waals surface area contributed by atoms with Crippen LogP contribution >= 0.6 is 0 Å². The highest BCUT2D eigenvalue weighted by Gasteiger charge is 2.22. The van der Waals surface area contributed by atoms with Crippen LogP contribution in [0.2, 0.25) is 0 Å². The fourth-order valence-electron chi connectivity index (χ4n) is 5.02. The lowest BCUT2D eigenvalue weighted by Gasteiger charge is -2.21. The number of allylic oxidation sites excluding steroid dienone is 3. The van der Waals surface area contributed by atoms with Crippen LogP contribution in [0, 0.1) is 0 Å². The summed E-state index contributed by atoms with van der Waals surface area (Å²) in [5.74, 6) is -0.515. The molecule has 3 atom stereocenters. The molecule has 0 saturated carbocycles. The number of nitrogens with one attached hydrogen (secondary N) is 1. The number of rotatable bonds is 30. The highest BCUT2D eigenvalue weighted by atomic mass is 16.3. The number of amides is 1. The molecule has 0 radical (unpaired) electrons. The Bertz CT molecular complexity index is 592. The highest BCUT2D eigenvalue weighted by Crippen LogP contribution is 2.14. The van der Waals surface area contributed by atoms with Crippen molar-refractivity contribution < 1.29 is 20.1 Å². The van der Waals surface area contributed by atoms with Gasteiger partial charge in [-0.15, -0.1) is 0 Å². The lowest BCUT2D eigenvalue weighted by atomic mass is 10.0. The smallest absolute Gasteiger partial charge is 0.249 e. The lowest BCUT2D eigenvalue weighted by molar-refractivity contribution is -0.131. The first-order valence-electron chi connectivity index (χ1n) is 17.2. The Morgan fingerprint density at radius 1 is 0.600 bits per heavy atom. The van der Waals surface area contributed by atoms with E-state index in [0.29, 0.717) is 6.42 Å². The molecule has 5 heteroatoms. The molecule has 0 aliphatic heterocycles. The first-order chi connectivity index (χ1) is 19.6. The van der Waals surface area contributed by atoms with Crippen molar-refractivity contribution in [1.29, 1.82) is 0 Å². The largest absolute Gasteiger partial charge is 0.394 e. The molecule has 5 nitrogen and oxygen atoms in total. The van der Waals surface area contributed by atoms with Gasteiger partial charge in [0.25, 0.3) is 0 Å². The summed E-state index contributed by atoms with van der Waals surface area (Å²) in [5.41, 5.74) is 0. The molecule has 0 bridgehead atoms. The molecule has 0 aromatic carbocycles. The summed E-state index contributed by atoms with van der Waals surface area (Å²) in [4.78, 5) is 12.3. The van der Waals surface area contributed by atoms with Crippen LogP contribution in [0.3, 0.4) is 0 Å². The standard InChI is InChI=1S/C35H67NO4/c1-3-5-7-9-11-13-15-16-17-18-20-22-24-26-28-30-34(39)35(40)36-32(31-37)33(38)29-27-25-23-21-19-14-12-10-8-6-4-2/h19,21,27,29,32-34,37-39H,3-18,20,22-26,28,30-31H2,1-2H3,(H,36,40)/b21-19+,29-27+. The Balaban J connectivity index is 3.79. The van der Waals surface area contributed by atoms with Gasteiger partial charge in [0, 0.05) is 0 Å². The van der Waals surface area contributed by atoms with Crippen molar-refractivity contribution in [3.63, 3.8) is 0 Å². The Morgan fingerprint density at radius 3 is 1.52 bits per heavy atom. The zero-order valence-corrected chi connectivity index (χ0v) is 26.5. The predicted molar refractivity (Wildman–Crippen MR) is 171 cm³/mol. The molecule has 0 saturated heterocycles. The number of aliphatic hydroxyl groups is 3. The number of carbonyl (C=O) groups excluding carboxylic acids is 1. The molecule has 1 amide bonds. The Kier molecular flexibility index (Phi) is 29.9. The summed E-state index contributed by atoms with van der Waals surface area (Å²) in [5, 5.41) is 32.8. The summed E-state index contributed by atoms with van der Waals surface area (Å²) in [6.45, 7) is 4.12. The van der Waals surface area contributed by atoms with Crippen molar-refractivity contribution in [2.45, 2.75) is 186 Å². The highest BCUT2D eigenvalue weighted by molar-refractivity contribution is 5.80. The Labute approximate surface area is 248 Å². The third-order valence-electron chi connectivity index (χ3n) is 7.79. The molecule has 0 fully saturated rings. The second-order valence-electron chi connectivity index (χ2n) is 11.7. The first-order valence-corrected chi connectivity index (χ1v) is 17.2. The molecule has 0 rings (SSSR count). The van der Waals surface area contributed by atoms with Crippen LogP contribution in [0.1, 0.15) is 168 Å². The molecule has 40 heavy (non-hydrogen) atoms. The minimum absolute atomic E-state index is 0.374. The van der Waals surface area contributed by atoms with Crippen LogP contribution in [-0.4, -0.2) is 46.1 Å². The van der Waals surface area contributed by atoms with Gasteiger partial charge in [-0.25, -0.2) is 0 Å². The number of unbranched alkanes of at least 4 members (excludes halogenated alkanes) is 20. The van der Waals surface area contributed by atoms with E-state index in [1.54, 1.807) is 6.08 Å². The van der Waals surface area contributed by atoms with Crippen LogP contribution in [-0.2, 0) is 4.79 Å². The zero-order valence-electron chi connectivity index (χ0n) is 26.5. The van der Waals surface area contributed by atoms with E-state index in [2.05, 4.69) is 31.3 Å². The molecule has 0 aromatic rings. The molecule has 236 valence electrons. The van der Waals surface area contributed by atoms with Crippen molar-refractivity contribution in [2.75, 3.05) is 6.61 Å². The van der Waals surface area contributed by atoms with Crippen LogP contribution < -0.4 is 5.32 Å². The molecule has 0 spiro atoms. The maximum absolute atomic E-state index is 12.3. The fourth-order valence-corrected chi connectivity index (χ4v) is 5.02. The molecule has 0 heterocycles. The second kappa shape index (κ2) is 30.8. The maximum Gasteiger partial charge on any atom is 0.249 e. The molecule has 0 aliphatic rings. The van der Waals surface area contributed by atoms with Crippen molar-refractivity contribution in [3.05, 3.63) is 24.3 Å². The summed E-state index contributed by atoms with van der Waals surface area (Å²) < 4.78 is 0. The van der Waals surface area contributed by atoms with E-state index in [0.717, 1.165) is 38.5 Å². The van der Waals surface area contributed by atoms with Crippen molar-refractivity contribution in [2.24, 2.45) is 0 Å². The van der Waals surface area contributed by atoms with E-state index in [-0.39, 0.29) is 6.61 Å². The SMILES string of the molecule is CCCCCCC/C=C/CC/C=C/C(O)C(CO)NC(=O)C(O)CCCCCCCCCCCCCCCCC. The van der Waals surface area contributed by atoms with Crippen LogP contribution in [0.4, 0.5) is 0 Å². The number of carbonyl (C=O) groups is 1. The van der Waals surface area contributed by atoms with E-state index in [9.17, 15) is 20.1 Å². The van der Waals surface area contributed by atoms with Crippen LogP contribution in [0.25, 0.3) is 0 Å². The number of aliphatic hydroxyl groups excluding tert-OH is 3. The summed E-state index contributed by atoms with van der Waals surface area (Å²) in [7, 11) is 0. The van der Waals surface area contributed by atoms with Gasteiger partial charge >= 0.3 is 0 Å². The van der Waals surface area contributed by atoms with E-state index >= 15 is 0 Å². The third-order valence-corrected chi connectivity index (χ3v) is 7.79. The molecule has 4 N–H and O–H groups in total. The topological polar surface area (TPSA) is 89.8 Å². The average Bonchev–Trinajstić information content (AvgIpc) is 2.96. The molecule has 0 aromatic heterocycles. The van der Waals surface area contributed by atoms with E-state index < -0.39 is 24.2 Å². The third kappa shape index (κ3) is 25.8. The summed E-state index contributed by atoms with van der Waals surface area (Å²) in [6.07, 6.45) is 34.7. The maximum atomic E-state index is 12.3. The van der Waals surface area contributed by atoms with E-state index in [1.807, 2.05) is 6.08 Å². The van der Waals surface area contributed by atoms with Crippen LogP contribution in [0.5, 0.6) is 0 Å². The van der Waals surface area contributed by atoms with Gasteiger partial charge < -0.3 is 20.6 Å².